The van der Waals surface area contributed by atoms with E-state index in [9.17, 15) is 4.79 Å². The number of hydrogen-bond acceptors (Lipinski definition) is 4. The van der Waals surface area contributed by atoms with Gasteiger partial charge in [-0.05, 0) is 85.6 Å². The molecule has 0 aliphatic carbocycles. The Morgan fingerprint density at radius 1 is 0.844 bits per heavy atom. The standard InChI is InChI=1S/C26H19BrN2O3/c1-15-3-4-18(13-16(15)2)22-11-12-24(31-22)25(30)28-20-9-10-23-21(14-20)29-26(32-23)17-5-7-19(27)8-6-17/h3-14H,1-2H3,(H,28,30). The van der Waals surface area contributed by atoms with Crippen LogP contribution in [0.15, 0.2) is 86.1 Å². The van der Waals surface area contributed by atoms with Gasteiger partial charge in [0, 0.05) is 21.3 Å². The molecule has 3 aromatic carbocycles. The first kappa shape index (κ1) is 20.3. The highest BCUT2D eigenvalue weighted by atomic mass is 79.9. The maximum Gasteiger partial charge on any atom is 0.291 e. The van der Waals surface area contributed by atoms with E-state index >= 15 is 0 Å². The van der Waals surface area contributed by atoms with Crippen LogP contribution in [0, 0.1) is 13.8 Å². The third-order valence-electron chi connectivity index (χ3n) is 5.36. The van der Waals surface area contributed by atoms with E-state index in [1.807, 2.05) is 42.5 Å². The van der Waals surface area contributed by atoms with Crippen molar-refractivity contribution in [3.63, 3.8) is 0 Å². The topological polar surface area (TPSA) is 68.3 Å². The third-order valence-corrected chi connectivity index (χ3v) is 5.89. The summed E-state index contributed by atoms with van der Waals surface area (Å²) in [6, 6.07) is 22.7. The largest absolute Gasteiger partial charge is 0.451 e. The van der Waals surface area contributed by atoms with Crippen molar-refractivity contribution in [2.45, 2.75) is 13.8 Å². The Kier molecular flexibility index (Phi) is 5.15. The van der Waals surface area contributed by atoms with E-state index in [0.29, 0.717) is 28.4 Å². The van der Waals surface area contributed by atoms with Gasteiger partial charge in [0.1, 0.15) is 11.3 Å². The molecule has 0 aliphatic rings. The van der Waals surface area contributed by atoms with Crippen LogP contribution in [0.1, 0.15) is 21.7 Å². The van der Waals surface area contributed by atoms with Gasteiger partial charge < -0.3 is 14.2 Å². The van der Waals surface area contributed by atoms with E-state index in [0.717, 1.165) is 15.6 Å². The molecular formula is C26H19BrN2O3. The van der Waals surface area contributed by atoms with Crippen LogP contribution in [0.4, 0.5) is 5.69 Å². The van der Waals surface area contributed by atoms with Crippen molar-refractivity contribution in [3.05, 3.63) is 94.2 Å². The molecule has 158 valence electrons. The molecule has 5 rings (SSSR count). The highest BCUT2D eigenvalue weighted by molar-refractivity contribution is 9.10. The molecule has 5 nitrogen and oxygen atoms in total. The van der Waals surface area contributed by atoms with Crippen molar-refractivity contribution in [3.8, 4) is 22.8 Å². The number of aromatic nitrogens is 1. The molecule has 0 atom stereocenters. The lowest BCUT2D eigenvalue weighted by atomic mass is 10.1. The number of carbonyl (C=O) groups is 1. The zero-order chi connectivity index (χ0) is 22.2. The smallest absolute Gasteiger partial charge is 0.291 e. The second-order valence-corrected chi connectivity index (χ2v) is 8.54. The zero-order valence-corrected chi connectivity index (χ0v) is 19.1. The van der Waals surface area contributed by atoms with E-state index < -0.39 is 0 Å². The fourth-order valence-electron chi connectivity index (χ4n) is 3.42. The van der Waals surface area contributed by atoms with Crippen molar-refractivity contribution in [2.24, 2.45) is 0 Å². The number of carbonyl (C=O) groups excluding carboxylic acids is 1. The molecule has 0 unspecified atom stereocenters. The van der Waals surface area contributed by atoms with E-state index in [2.05, 4.69) is 46.1 Å². The minimum atomic E-state index is -0.323. The number of hydrogen-bond donors (Lipinski definition) is 1. The van der Waals surface area contributed by atoms with Crippen LogP contribution in [0.3, 0.4) is 0 Å². The minimum absolute atomic E-state index is 0.244. The Balaban J connectivity index is 1.36. The summed E-state index contributed by atoms with van der Waals surface area (Å²) in [5.41, 5.74) is 6.13. The Morgan fingerprint density at radius 2 is 1.62 bits per heavy atom. The van der Waals surface area contributed by atoms with E-state index in [1.54, 1.807) is 24.3 Å². The van der Waals surface area contributed by atoms with Crippen LogP contribution >= 0.6 is 15.9 Å². The van der Waals surface area contributed by atoms with Gasteiger partial charge in [0.15, 0.2) is 11.3 Å². The number of fused-ring (bicyclic) bond motifs is 1. The molecule has 1 amide bonds. The molecule has 2 heterocycles. The number of oxazole rings is 1. The second kappa shape index (κ2) is 8.13. The fourth-order valence-corrected chi connectivity index (χ4v) is 3.69. The molecule has 5 aromatic rings. The van der Waals surface area contributed by atoms with Crippen LogP contribution < -0.4 is 5.32 Å². The Hall–Kier alpha value is -3.64. The fraction of sp³-hybridized carbons (Fsp3) is 0.0769. The van der Waals surface area contributed by atoms with Crippen molar-refractivity contribution in [2.75, 3.05) is 5.32 Å². The maximum atomic E-state index is 12.7. The summed E-state index contributed by atoms with van der Waals surface area (Å²) in [4.78, 5) is 17.3. The predicted octanol–water partition coefficient (Wildman–Crippen LogP) is 7.39. The molecule has 0 radical (unpaired) electrons. The average molecular weight is 487 g/mol. The van der Waals surface area contributed by atoms with Crippen LogP contribution in [-0.2, 0) is 0 Å². The van der Waals surface area contributed by atoms with E-state index in [1.165, 1.54) is 11.1 Å². The molecule has 0 spiro atoms. The lowest BCUT2D eigenvalue weighted by molar-refractivity contribution is 0.0997. The monoisotopic (exact) mass is 486 g/mol. The molecule has 0 saturated heterocycles. The lowest BCUT2D eigenvalue weighted by Crippen LogP contribution is -2.10. The number of furan rings is 1. The summed E-state index contributed by atoms with van der Waals surface area (Å²) in [5.74, 6) is 1.11. The van der Waals surface area contributed by atoms with Gasteiger partial charge in [0.2, 0.25) is 5.89 Å². The van der Waals surface area contributed by atoms with Gasteiger partial charge >= 0.3 is 0 Å². The van der Waals surface area contributed by atoms with Crippen LogP contribution in [0.2, 0.25) is 0 Å². The second-order valence-electron chi connectivity index (χ2n) is 7.63. The van der Waals surface area contributed by atoms with Crippen molar-refractivity contribution in [1.82, 2.24) is 4.98 Å². The molecule has 1 N–H and O–H groups in total. The first-order valence-corrected chi connectivity index (χ1v) is 10.9. The Morgan fingerprint density at radius 3 is 2.41 bits per heavy atom. The minimum Gasteiger partial charge on any atom is -0.451 e. The molecule has 32 heavy (non-hydrogen) atoms. The van der Waals surface area contributed by atoms with Crippen LogP contribution in [0.5, 0.6) is 0 Å². The number of amides is 1. The number of aryl methyl sites for hydroxylation is 2. The third kappa shape index (κ3) is 3.97. The highest BCUT2D eigenvalue weighted by Gasteiger charge is 2.15. The molecule has 0 saturated carbocycles. The summed E-state index contributed by atoms with van der Waals surface area (Å²) in [6.07, 6.45) is 0. The zero-order valence-electron chi connectivity index (χ0n) is 17.5. The normalized spacial score (nSPS) is 11.1. The summed E-state index contributed by atoms with van der Waals surface area (Å²) in [5, 5.41) is 2.87. The summed E-state index contributed by atoms with van der Waals surface area (Å²) in [7, 11) is 0. The molecular weight excluding hydrogens is 468 g/mol. The Bertz CT molecular complexity index is 1450. The number of anilines is 1. The summed E-state index contributed by atoms with van der Waals surface area (Å²) < 4.78 is 12.6. The SMILES string of the molecule is Cc1ccc(-c2ccc(C(=O)Nc3ccc4oc(-c5ccc(Br)cc5)nc4c3)o2)cc1C. The first-order chi connectivity index (χ1) is 15.5. The van der Waals surface area contributed by atoms with Gasteiger partial charge in [0.25, 0.3) is 5.91 Å². The van der Waals surface area contributed by atoms with Gasteiger partial charge in [-0.15, -0.1) is 0 Å². The van der Waals surface area contributed by atoms with E-state index in [-0.39, 0.29) is 11.7 Å². The van der Waals surface area contributed by atoms with Gasteiger partial charge in [-0.25, -0.2) is 4.98 Å². The number of halogens is 1. The number of benzene rings is 3. The van der Waals surface area contributed by atoms with Crippen LogP contribution in [-0.4, -0.2) is 10.9 Å². The summed E-state index contributed by atoms with van der Waals surface area (Å²) in [6.45, 7) is 4.12. The van der Waals surface area contributed by atoms with Gasteiger partial charge in [-0.2, -0.15) is 0 Å². The van der Waals surface area contributed by atoms with Crippen molar-refractivity contribution < 1.29 is 13.6 Å². The quantitative estimate of drug-likeness (QED) is 0.287. The molecule has 0 aliphatic heterocycles. The number of nitrogens with zero attached hydrogens (tertiary/aromatic N) is 1. The molecule has 6 heteroatoms. The van der Waals surface area contributed by atoms with Crippen molar-refractivity contribution >= 4 is 38.6 Å². The number of rotatable bonds is 4. The average Bonchev–Trinajstić information content (AvgIpc) is 3.43. The number of nitrogens with one attached hydrogen (secondary N) is 1. The predicted molar refractivity (Wildman–Crippen MR) is 129 cm³/mol. The maximum absolute atomic E-state index is 12.7. The van der Waals surface area contributed by atoms with Crippen LogP contribution in [0.25, 0.3) is 33.9 Å². The van der Waals surface area contributed by atoms with Gasteiger partial charge in [-0.1, -0.05) is 28.1 Å². The molecule has 2 aromatic heterocycles. The lowest BCUT2D eigenvalue weighted by Gasteiger charge is -2.04. The van der Waals surface area contributed by atoms with Crippen molar-refractivity contribution in [1.29, 1.82) is 0 Å². The first-order valence-electron chi connectivity index (χ1n) is 10.1. The van der Waals surface area contributed by atoms with Gasteiger partial charge in [-0.3, -0.25) is 4.79 Å². The van der Waals surface area contributed by atoms with E-state index in [4.69, 9.17) is 8.83 Å². The summed E-state index contributed by atoms with van der Waals surface area (Å²) >= 11 is 3.43. The van der Waals surface area contributed by atoms with Gasteiger partial charge in [0.05, 0.1) is 0 Å². The molecule has 0 fully saturated rings. The molecule has 0 bridgehead atoms. The highest BCUT2D eigenvalue weighted by Crippen LogP contribution is 2.28. The Labute approximate surface area is 193 Å².